The minimum atomic E-state index is -1.23. The average Bonchev–Trinajstić information content (AvgIpc) is 3.64. The van der Waals surface area contributed by atoms with Crippen LogP contribution in [0.3, 0.4) is 0 Å². The second-order valence-corrected chi connectivity index (χ2v) is 12.5. The number of ether oxygens (including phenoxy) is 3. The molecule has 0 aliphatic carbocycles. The van der Waals surface area contributed by atoms with Gasteiger partial charge in [-0.2, -0.15) is 0 Å². The van der Waals surface area contributed by atoms with Crippen LogP contribution in [-0.2, 0) is 29.3 Å². The number of carboxylic acids is 1. The highest BCUT2D eigenvalue weighted by atomic mass is 35.5. The molecule has 0 aliphatic rings. The molecule has 5 rings (SSSR count). The van der Waals surface area contributed by atoms with E-state index in [-0.39, 0.29) is 81.3 Å². The fourth-order valence-corrected chi connectivity index (χ4v) is 5.74. The molecule has 0 radical (unpaired) electrons. The van der Waals surface area contributed by atoms with E-state index in [9.17, 15) is 19.8 Å². The molecular formula is C38H40ClFN4O10. The Labute approximate surface area is 314 Å². The number of carboxylic acid groups (broad SMARTS) is 1. The molecule has 5 aromatic rings. The van der Waals surface area contributed by atoms with Crippen LogP contribution in [0.15, 0.2) is 77.4 Å². The van der Waals surface area contributed by atoms with E-state index in [0.29, 0.717) is 45.6 Å². The molecule has 1 atom stereocenters. The Kier molecular flexibility index (Phi) is 14.5. The molecule has 0 saturated carbocycles. The lowest BCUT2D eigenvalue weighted by molar-refractivity contribution is -0.140. The van der Waals surface area contributed by atoms with Crippen molar-refractivity contribution in [1.82, 2.24) is 20.5 Å². The maximum Gasteiger partial charge on any atom is 0.323 e. The van der Waals surface area contributed by atoms with Crippen LogP contribution in [0.5, 0.6) is 17.2 Å². The molecule has 1 aromatic heterocycles. The third kappa shape index (κ3) is 10.6. The third-order valence-corrected chi connectivity index (χ3v) is 8.65. The van der Waals surface area contributed by atoms with Gasteiger partial charge in [-0.3, -0.25) is 14.9 Å². The SMILES string of the molecule is O=C(O)[C@@H](CO)NCc1cc(Cl)c(OCc2cccc(-c3cccc(OCCCC(=O)N(CCO)CCO)c3)c2F)cc1OCc1ccc2nonc2c1. The first kappa shape index (κ1) is 39.9. The standard InChI is InChI=1S/C38H40ClFN4O10/c39-30-18-27(20-41-33(21-47)38(49)50)34(52-22-24-9-10-31-32(16-24)43-54-42-31)19-35(30)53-23-26-5-2-7-29(37(26)40)25-4-1-6-28(17-25)51-15-3-8-36(48)44(11-13-45)12-14-46/h1-2,4-7,9-10,16-19,33,41,45-47H,3,8,11-15,20-23H2,(H,49,50)/t33-/m1/s1. The molecule has 14 nitrogen and oxygen atoms in total. The number of aromatic nitrogens is 2. The maximum atomic E-state index is 16.0. The number of carbonyl (C=O) groups excluding carboxylic acids is 1. The number of fused-ring (bicyclic) bond motifs is 1. The van der Waals surface area contributed by atoms with Gasteiger partial charge in [0.25, 0.3) is 0 Å². The van der Waals surface area contributed by atoms with Crippen molar-refractivity contribution in [3.63, 3.8) is 0 Å². The van der Waals surface area contributed by atoms with Crippen LogP contribution in [0.1, 0.15) is 29.5 Å². The van der Waals surface area contributed by atoms with Gasteiger partial charge in [-0.25, -0.2) is 9.02 Å². The monoisotopic (exact) mass is 766 g/mol. The fraction of sp³-hybridized carbons (Fsp3) is 0.316. The van der Waals surface area contributed by atoms with E-state index in [1.54, 1.807) is 66.7 Å². The molecule has 0 bridgehead atoms. The molecule has 0 saturated heterocycles. The molecule has 0 unspecified atom stereocenters. The number of nitrogens with one attached hydrogen (secondary N) is 1. The van der Waals surface area contributed by atoms with Crippen molar-refractivity contribution >= 4 is 34.5 Å². The third-order valence-electron chi connectivity index (χ3n) is 8.35. The van der Waals surface area contributed by atoms with E-state index in [1.165, 1.54) is 11.0 Å². The predicted molar refractivity (Wildman–Crippen MR) is 195 cm³/mol. The number of halogens is 2. The summed E-state index contributed by atoms with van der Waals surface area (Å²) in [5, 5.41) is 47.7. The lowest BCUT2D eigenvalue weighted by Gasteiger charge is -2.20. The number of aliphatic hydroxyl groups is 3. The molecular weight excluding hydrogens is 727 g/mol. The second-order valence-electron chi connectivity index (χ2n) is 12.1. The quantitative estimate of drug-likeness (QED) is 0.0662. The lowest BCUT2D eigenvalue weighted by atomic mass is 10.0. The topological polar surface area (TPSA) is 197 Å². The number of amides is 1. The molecule has 54 heavy (non-hydrogen) atoms. The Hall–Kier alpha value is -5.32. The van der Waals surface area contributed by atoms with Crippen LogP contribution >= 0.6 is 11.6 Å². The van der Waals surface area contributed by atoms with Gasteiger partial charge in [0.05, 0.1) is 31.5 Å². The van der Waals surface area contributed by atoms with Gasteiger partial charge in [0.15, 0.2) is 0 Å². The van der Waals surface area contributed by atoms with Crippen LogP contribution in [-0.4, -0.2) is 93.1 Å². The van der Waals surface area contributed by atoms with E-state index >= 15 is 4.39 Å². The Morgan fingerprint density at radius 3 is 2.39 bits per heavy atom. The summed E-state index contributed by atoms with van der Waals surface area (Å²) < 4.78 is 38.7. The summed E-state index contributed by atoms with van der Waals surface area (Å²) in [5.74, 6) is -0.939. The number of hydrogen-bond acceptors (Lipinski definition) is 12. The largest absolute Gasteiger partial charge is 0.494 e. The van der Waals surface area contributed by atoms with Gasteiger partial charge in [-0.15, -0.1) is 0 Å². The number of aliphatic carboxylic acids is 1. The first-order valence-corrected chi connectivity index (χ1v) is 17.4. The summed E-state index contributed by atoms with van der Waals surface area (Å²) in [7, 11) is 0. The smallest absolute Gasteiger partial charge is 0.323 e. The summed E-state index contributed by atoms with van der Waals surface area (Å²) in [4.78, 5) is 25.3. The maximum absolute atomic E-state index is 16.0. The van der Waals surface area contributed by atoms with E-state index in [2.05, 4.69) is 15.6 Å². The predicted octanol–water partition coefficient (Wildman–Crippen LogP) is 4.35. The summed E-state index contributed by atoms with van der Waals surface area (Å²) in [6.07, 6.45) is 0.590. The van der Waals surface area contributed by atoms with Crippen molar-refractivity contribution in [2.24, 2.45) is 0 Å². The van der Waals surface area contributed by atoms with Gasteiger partial charge in [0, 0.05) is 48.8 Å². The summed E-state index contributed by atoms with van der Waals surface area (Å²) in [6.45, 7) is -0.601. The van der Waals surface area contributed by atoms with Crippen LogP contribution in [0.4, 0.5) is 4.39 Å². The number of aliphatic hydroxyl groups excluding tert-OH is 3. The lowest BCUT2D eigenvalue weighted by Crippen LogP contribution is -2.39. The van der Waals surface area contributed by atoms with Crippen LogP contribution in [0, 0.1) is 5.82 Å². The Bertz CT molecular complexity index is 2020. The van der Waals surface area contributed by atoms with Gasteiger partial charge < -0.3 is 39.5 Å². The van der Waals surface area contributed by atoms with Gasteiger partial charge in [0.2, 0.25) is 5.91 Å². The van der Waals surface area contributed by atoms with E-state index in [0.717, 1.165) is 5.56 Å². The zero-order valence-corrected chi connectivity index (χ0v) is 29.9. The van der Waals surface area contributed by atoms with Gasteiger partial charge in [-0.05, 0) is 58.2 Å². The van der Waals surface area contributed by atoms with Crippen molar-refractivity contribution in [2.75, 3.05) is 39.5 Å². The zero-order chi connectivity index (χ0) is 38.5. The van der Waals surface area contributed by atoms with E-state index < -0.39 is 24.4 Å². The number of benzene rings is 4. The van der Waals surface area contributed by atoms with Gasteiger partial charge in [0.1, 0.15) is 53.4 Å². The van der Waals surface area contributed by atoms with E-state index in [1.807, 2.05) is 0 Å². The molecule has 286 valence electrons. The molecule has 0 spiro atoms. The van der Waals surface area contributed by atoms with Crippen molar-refractivity contribution in [2.45, 2.75) is 38.6 Å². The molecule has 16 heteroatoms. The van der Waals surface area contributed by atoms with Crippen molar-refractivity contribution in [1.29, 1.82) is 0 Å². The Morgan fingerprint density at radius 1 is 0.870 bits per heavy atom. The molecule has 1 amide bonds. The average molecular weight is 767 g/mol. The van der Waals surface area contributed by atoms with Crippen molar-refractivity contribution in [3.8, 4) is 28.4 Å². The minimum Gasteiger partial charge on any atom is -0.494 e. The first-order chi connectivity index (χ1) is 26.2. The molecule has 0 aliphatic heterocycles. The highest BCUT2D eigenvalue weighted by molar-refractivity contribution is 6.32. The minimum absolute atomic E-state index is 0.00939. The second kappa shape index (κ2) is 19.7. The van der Waals surface area contributed by atoms with Crippen LogP contribution in [0.25, 0.3) is 22.2 Å². The van der Waals surface area contributed by atoms with Crippen LogP contribution < -0.4 is 19.5 Å². The zero-order valence-electron chi connectivity index (χ0n) is 29.1. The van der Waals surface area contributed by atoms with Crippen LogP contribution in [0.2, 0.25) is 5.02 Å². The first-order valence-electron chi connectivity index (χ1n) is 17.1. The summed E-state index contributed by atoms with van der Waals surface area (Å²) in [6, 6.07) is 19.0. The van der Waals surface area contributed by atoms with Crippen molar-refractivity contribution < 1.29 is 53.2 Å². The highest BCUT2D eigenvalue weighted by Crippen LogP contribution is 2.35. The summed E-state index contributed by atoms with van der Waals surface area (Å²) >= 11 is 6.60. The number of rotatable bonds is 21. The van der Waals surface area contributed by atoms with Gasteiger partial charge >= 0.3 is 5.97 Å². The Morgan fingerprint density at radius 2 is 1.63 bits per heavy atom. The number of carbonyl (C=O) groups is 2. The molecule has 4 aromatic carbocycles. The normalized spacial score (nSPS) is 11.7. The summed E-state index contributed by atoms with van der Waals surface area (Å²) in [5.41, 5.74) is 3.48. The fourth-order valence-electron chi connectivity index (χ4n) is 5.50. The number of hydrogen-bond donors (Lipinski definition) is 5. The number of nitrogens with zero attached hydrogens (tertiary/aromatic N) is 3. The Balaban J connectivity index is 1.27. The van der Waals surface area contributed by atoms with Gasteiger partial charge in [-0.1, -0.05) is 48.0 Å². The highest BCUT2D eigenvalue weighted by Gasteiger charge is 2.19. The molecule has 1 heterocycles. The van der Waals surface area contributed by atoms with E-state index in [4.69, 9.17) is 40.7 Å². The van der Waals surface area contributed by atoms with Crippen molar-refractivity contribution in [3.05, 3.63) is 100 Å². The molecule has 5 N–H and O–H groups in total. The molecule has 0 fully saturated rings.